The van der Waals surface area contributed by atoms with Gasteiger partial charge in [-0.25, -0.2) is 0 Å². The van der Waals surface area contributed by atoms with Gasteiger partial charge in [0.05, 0.1) is 5.56 Å². The molecule has 1 atom stereocenters. The third-order valence-electron chi connectivity index (χ3n) is 3.85. The van der Waals surface area contributed by atoms with E-state index < -0.39 is 11.7 Å². The fourth-order valence-electron chi connectivity index (χ4n) is 2.24. The maximum Gasteiger partial charge on any atom is 0.416 e. The van der Waals surface area contributed by atoms with Crippen LogP contribution in [-0.2, 0) is 17.4 Å². The van der Waals surface area contributed by atoms with Gasteiger partial charge in [-0.2, -0.15) is 13.2 Å². The number of carbonyl (C=O) groups excluding carboxylic acids is 1. The van der Waals surface area contributed by atoms with Crippen LogP contribution in [0.1, 0.15) is 24.5 Å². The molecule has 0 aliphatic heterocycles. The van der Waals surface area contributed by atoms with E-state index in [-0.39, 0.29) is 11.8 Å². The highest BCUT2D eigenvalue weighted by molar-refractivity contribution is 5.76. The topological polar surface area (TPSA) is 43.1 Å². The van der Waals surface area contributed by atoms with Crippen LogP contribution in [0.3, 0.4) is 0 Å². The fraction of sp³-hybridized carbons (Fsp3) is 0.278. The fourth-order valence-corrected chi connectivity index (χ4v) is 2.24. The van der Waals surface area contributed by atoms with Crippen LogP contribution in [0.5, 0.6) is 0 Å². The van der Waals surface area contributed by atoms with Gasteiger partial charge in [-0.15, -0.1) is 0 Å². The van der Waals surface area contributed by atoms with Crippen LogP contribution in [0.4, 0.5) is 13.2 Å². The molecule has 2 N–H and O–H groups in total. The van der Waals surface area contributed by atoms with Crippen LogP contribution >= 0.6 is 0 Å². The average molecular weight is 321 g/mol. The van der Waals surface area contributed by atoms with E-state index in [1.165, 1.54) is 12.1 Å². The summed E-state index contributed by atoms with van der Waals surface area (Å²) >= 11 is 0. The number of rotatable bonds is 5. The third-order valence-corrected chi connectivity index (χ3v) is 3.85. The number of alkyl halides is 3. The zero-order valence-electron chi connectivity index (χ0n) is 12.7. The van der Waals surface area contributed by atoms with E-state index in [0.29, 0.717) is 6.42 Å². The van der Waals surface area contributed by atoms with Crippen LogP contribution in [0, 0.1) is 5.92 Å². The molecule has 2 nitrogen and oxygen atoms in total. The molecular weight excluding hydrogens is 303 g/mol. The Labute approximate surface area is 133 Å². The molecule has 2 aromatic rings. The van der Waals surface area contributed by atoms with E-state index in [1.54, 1.807) is 6.92 Å². The zero-order chi connectivity index (χ0) is 17.0. The van der Waals surface area contributed by atoms with Crippen molar-refractivity contribution in [2.24, 2.45) is 11.7 Å². The summed E-state index contributed by atoms with van der Waals surface area (Å²) in [6.45, 7) is 1.79. The first-order chi connectivity index (χ1) is 10.8. The van der Waals surface area contributed by atoms with Crippen molar-refractivity contribution in [3.63, 3.8) is 0 Å². The summed E-state index contributed by atoms with van der Waals surface area (Å²) in [7, 11) is 0. The number of carbonyl (C=O) groups is 1. The minimum atomic E-state index is -4.32. The lowest BCUT2D eigenvalue weighted by molar-refractivity contribution is -0.137. The SMILES string of the molecule is C[C@H](CCc1ccc(-c2ccc(C(F)(F)F)cc2)cc1)C(N)=O. The molecule has 0 aromatic heterocycles. The first kappa shape index (κ1) is 17.1. The van der Waals surface area contributed by atoms with Gasteiger partial charge in [-0.1, -0.05) is 43.3 Å². The number of halogens is 3. The lowest BCUT2D eigenvalue weighted by Crippen LogP contribution is -2.20. The molecule has 0 aliphatic carbocycles. The van der Waals surface area contributed by atoms with E-state index in [2.05, 4.69) is 0 Å². The first-order valence-electron chi connectivity index (χ1n) is 7.33. The van der Waals surface area contributed by atoms with Gasteiger partial charge in [-0.3, -0.25) is 4.79 Å². The van der Waals surface area contributed by atoms with E-state index in [4.69, 9.17) is 5.73 Å². The summed E-state index contributed by atoms with van der Waals surface area (Å²) in [5.41, 5.74) is 7.22. The summed E-state index contributed by atoms with van der Waals surface area (Å²) in [5.74, 6) is -0.490. The summed E-state index contributed by atoms with van der Waals surface area (Å²) in [5, 5.41) is 0. The average Bonchev–Trinajstić information content (AvgIpc) is 2.52. The molecule has 0 bridgehead atoms. The molecule has 1 amide bonds. The van der Waals surface area contributed by atoms with E-state index >= 15 is 0 Å². The van der Waals surface area contributed by atoms with Crippen molar-refractivity contribution in [2.45, 2.75) is 25.9 Å². The zero-order valence-corrected chi connectivity index (χ0v) is 12.7. The Balaban J connectivity index is 2.06. The van der Waals surface area contributed by atoms with Crippen molar-refractivity contribution >= 4 is 5.91 Å². The summed E-state index contributed by atoms with van der Waals surface area (Å²) < 4.78 is 37.6. The van der Waals surface area contributed by atoms with Crippen molar-refractivity contribution in [2.75, 3.05) is 0 Å². The Kier molecular flexibility index (Phi) is 5.08. The second-order valence-electron chi connectivity index (χ2n) is 5.61. The number of hydrogen-bond acceptors (Lipinski definition) is 1. The molecule has 5 heteroatoms. The largest absolute Gasteiger partial charge is 0.416 e. The number of primary amides is 1. The number of benzene rings is 2. The van der Waals surface area contributed by atoms with E-state index in [1.807, 2.05) is 24.3 Å². The van der Waals surface area contributed by atoms with Crippen LogP contribution in [0.2, 0.25) is 0 Å². The van der Waals surface area contributed by atoms with Gasteiger partial charge in [0.15, 0.2) is 0 Å². The van der Waals surface area contributed by atoms with Gasteiger partial charge in [0.25, 0.3) is 0 Å². The maximum absolute atomic E-state index is 12.5. The molecule has 0 saturated heterocycles. The second-order valence-corrected chi connectivity index (χ2v) is 5.61. The smallest absolute Gasteiger partial charge is 0.369 e. The van der Waals surface area contributed by atoms with Crippen molar-refractivity contribution in [3.05, 3.63) is 59.7 Å². The predicted octanol–water partition coefficient (Wildman–Crippen LogP) is 4.43. The minimum Gasteiger partial charge on any atom is -0.369 e. The highest BCUT2D eigenvalue weighted by atomic mass is 19.4. The van der Waals surface area contributed by atoms with Crippen molar-refractivity contribution in [1.82, 2.24) is 0 Å². The lowest BCUT2D eigenvalue weighted by atomic mass is 9.98. The minimum absolute atomic E-state index is 0.176. The number of nitrogens with two attached hydrogens (primary N) is 1. The third kappa shape index (κ3) is 4.58. The van der Waals surface area contributed by atoms with Crippen LogP contribution in [-0.4, -0.2) is 5.91 Å². The number of amides is 1. The number of aryl methyl sites for hydroxylation is 1. The molecule has 0 radical (unpaired) electrons. The summed E-state index contributed by atoms with van der Waals surface area (Å²) in [6.07, 6.45) is -2.91. The Morgan fingerprint density at radius 1 is 1.00 bits per heavy atom. The molecule has 122 valence electrons. The Bertz CT molecular complexity index is 660. The van der Waals surface area contributed by atoms with Crippen molar-refractivity contribution in [3.8, 4) is 11.1 Å². The normalized spacial score (nSPS) is 12.9. The summed E-state index contributed by atoms with van der Waals surface area (Å²) in [4.78, 5) is 11.0. The molecule has 23 heavy (non-hydrogen) atoms. The van der Waals surface area contributed by atoms with Gasteiger partial charge in [0.2, 0.25) is 5.91 Å². The Morgan fingerprint density at radius 3 is 1.91 bits per heavy atom. The van der Waals surface area contributed by atoms with E-state index in [9.17, 15) is 18.0 Å². The van der Waals surface area contributed by atoms with Crippen LogP contribution in [0.15, 0.2) is 48.5 Å². The van der Waals surface area contributed by atoms with Gasteiger partial charge in [0, 0.05) is 5.92 Å². The van der Waals surface area contributed by atoms with Gasteiger partial charge >= 0.3 is 6.18 Å². The van der Waals surface area contributed by atoms with Crippen LogP contribution < -0.4 is 5.73 Å². The maximum atomic E-state index is 12.5. The Hall–Kier alpha value is -2.30. The quantitative estimate of drug-likeness (QED) is 0.870. The highest BCUT2D eigenvalue weighted by Gasteiger charge is 2.29. The monoisotopic (exact) mass is 321 g/mol. The van der Waals surface area contributed by atoms with Crippen LogP contribution in [0.25, 0.3) is 11.1 Å². The molecule has 0 saturated carbocycles. The standard InChI is InChI=1S/C18H18F3NO/c1-12(17(22)23)2-3-13-4-6-14(7-5-13)15-8-10-16(11-9-15)18(19,20)21/h4-12H,2-3H2,1H3,(H2,22,23)/t12-/m1/s1. The highest BCUT2D eigenvalue weighted by Crippen LogP contribution is 2.31. The molecule has 0 fully saturated rings. The molecule has 2 rings (SSSR count). The lowest BCUT2D eigenvalue weighted by Gasteiger charge is -2.09. The Morgan fingerprint density at radius 2 is 1.48 bits per heavy atom. The first-order valence-corrected chi connectivity index (χ1v) is 7.33. The second kappa shape index (κ2) is 6.86. The van der Waals surface area contributed by atoms with Crippen molar-refractivity contribution in [1.29, 1.82) is 0 Å². The molecular formula is C18H18F3NO. The van der Waals surface area contributed by atoms with Gasteiger partial charge in [0.1, 0.15) is 0 Å². The predicted molar refractivity (Wildman–Crippen MR) is 83.6 cm³/mol. The van der Waals surface area contributed by atoms with Gasteiger partial charge < -0.3 is 5.73 Å². The molecule has 0 spiro atoms. The molecule has 0 aliphatic rings. The molecule has 2 aromatic carbocycles. The van der Waals surface area contributed by atoms with Gasteiger partial charge in [-0.05, 0) is 41.7 Å². The number of hydrogen-bond donors (Lipinski definition) is 1. The summed E-state index contributed by atoms with van der Waals surface area (Å²) in [6, 6.07) is 12.7. The van der Waals surface area contributed by atoms with E-state index in [0.717, 1.165) is 35.2 Å². The molecule has 0 heterocycles. The molecule has 0 unspecified atom stereocenters. The van der Waals surface area contributed by atoms with Crippen molar-refractivity contribution < 1.29 is 18.0 Å².